The van der Waals surface area contributed by atoms with Crippen molar-refractivity contribution in [2.45, 2.75) is 45.8 Å². The minimum Gasteiger partial charge on any atom is -0.352 e. The minimum atomic E-state index is -0.683. The van der Waals surface area contributed by atoms with Crippen LogP contribution in [-0.4, -0.2) is 31.1 Å². The van der Waals surface area contributed by atoms with Crippen molar-refractivity contribution in [3.05, 3.63) is 35.4 Å². The zero-order valence-corrected chi connectivity index (χ0v) is 14.6. The fourth-order valence-corrected chi connectivity index (χ4v) is 3.10. The largest absolute Gasteiger partial charge is 0.352 e. The highest BCUT2D eigenvalue weighted by atomic mass is 16.2. The van der Waals surface area contributed by atoms with E-state index in [2.05, 4.69) is 34.9 Å². The van der Waals surface area contributed by atoms with E-state index in [1.54, 1.807) is 4.90 Å². The molecule has 5 N–H and O–H groups in total. The fourth-order valence-electron chi connectivity index (χ4n) is 3.10. The Morgan fingerprint density at radius 2 is 1.71 bits per heavy atom. The zero-order valence-electron chi connectivity index (χ0n) is 14.6. The summed E-state index contributed by atoms with van der Waals surface area (Å²) in [6.07, 6.45) is 2.66. The van der Waals surface area contributed by atoms with Crippen LogP contribution in [-0.2, 0) is 17.9 Å². The van der Waals surface area contributed by atoms with E-state index in [9.17, 15) is 9.59 Å². The van der Waals surface area contributed by atoms with Gasteiger partial charge in [-0.25, -0.2) is 4.79 Å². The molecule has 1 fully saturated rings. The average molecular weight is 333 g/mol. The van der Waals surface area contributed by atoms with Gasteiger partial charge in [0.05, 0.1) is 13.1 Å². The number of hydrogen-bond acceptors (Lipinski definition) is 2. The molecule has 1 aromatic carbocycles. The first-order valence-corrected chi connectivity index (χ1v) is 8.70. The maximum atomic E-state index is 12.2. The number of likely N-dealkylation sites (tertiary alicyclic amines) is 1. The van der Waals surface area contributed by atoms with Crippen LogP contribution in [0.3, 0.4) is 0 Å². The van der Waals surface area contributed by atoms with Crippen LogP contribution in [0.5, 0.6) is 0 Å². The number of nitrogens with one attached hydrogen (secondary N) is 3. The van der Waals surface area contributed by atoms with Gasteiger partial charge in [0.15, 0.2) is 0 Å². The molecule has 6 nitrogen and oxygen atoms in total. The van der Waals surface area contributed by atoms with E-state index in [0.29, 0.717) is 6.54 Å². The third-order valence-corrected chi connectivity index (χ3v) is 4.50. The third-order valence-electron chi connectivity index (χ3n) is 4.50. The highest BCUT2D eigenvalue weighted by Gasteiger charge is 2.23. The number of amides is 3. The second-order valence-corrected chi connectivity index (χ2v) is 6.90. The summed E-state index contributed by atoms with van der Waals surface area (Å²) in [4.78, 5) is 24.9. The first-order chi connectivity index (χ1) is 11.5. The van der Waals surface area contributed by atoms with E-state index in [1.807, 2.05) is 13.8 Å². The maximum absolute atomic E-state index is 12.2. The normalized spacial score (nSPS) is 16.1. The quantitative estimate of drug-likeness (QED) is 0.573. The van der Waals surface area contributed by atoms with Crippen LogP contribution in [0.25, 0.3) is 0 Å². The number of carbonyl (C=O) groups excluding carboxylic acids is 2. The number of benzene rings is 1. The SMILES string of the molecule is CC(C)[C@H](NC(N)=O)C(=O)NCc1ccc(C[NH+]2CCCC2)cc1. The molecular formula is C18H29N4O2+. The summed E-state index contributed by atoms with van der Waals surface area (Å²) in [5.41, 5.74) is 7.51. The van der Waals surface area contributed by atoms with E-state index in [-0.39, 0.29) is 11.8 Å². The molecule has 2 rings (SSSR count). The monoisotopic (exact) mass is 333 g/mol. The number of rotatable bonds is 7. The molecule has 1 saturated heterocycles. The van der Waals surface area contributed by atoms with Gasteiger partial charge in [-0.1, -0.05) is 38.1 Å². The summed E-state index contributed by atoms with van der Waals surface area (Å²) in [6.45, 7) is 7.79. The molecule has 0 aromatic heterocycles. The van der Waals surface area contributed by atoms with Crippen LogP contribution in [0.15, 0.2) is 24.3 Å². The predicted molar refractivity (Wildman–Crippen MR) is 93.3 cm³/mol. The Bertz CT molecular complexity index is 551. The van der Waals surface area contributed by atoms with Crippen molar-refractivity contribution in [1.82, 2.24) is 10.6 Å². The smallest absolute Gasteiger partial charge is 0.312 e. The number of nitrogens with two attached hydrogens (primary N) is 1. The number of carbonyl (C=O) groups is 2. The fraction of sp³-hybridized carbons (Fsp3) is 0.556. The van der Waals surface area contributed by atoms with E-state index in [0.717, 1.165) is 12.1 Å². The first kappa shape index (κ1) is 18.3. The lowest BCUT2D eigenvalue weighted by molar-refractivity contribution is -0.901. The molecule has 1 aromatic rings. The van der Waals surface area contributed by atoms with Crippen LogP contribution >= 0.6 is 0 Å². The van der Waals surface area contributed by atoms with Gasteiger partial charge in [-0.2, -0.15) is 0 Å². The Balaban J connectivity index is 1.84. The topological polar surface area (TPSA) is 88.7 Å². The van der Waals surface area contributed by atoms with Crippen molar-refractivity contribution < 1.29 is 14.5 Å². The number of quaternary nitrogens is 1. The average Bonchev–Trinajstić information content (AvgIpc) is 3.04. The molecule has 1 heterocycles. The molecule has 24 heavy (non-hydrogen) atoms. The molecular weight excluding hydrogens is 304 g/mol. The first-order valence-electron chi connectivity index (χ1n) is 8.70. The molecule has 3 amide bonds. The number of primary amides is 1. The lowest BCUT2D eigenvalue weighted by atomic mass is 10.0. The van der Waals surface area contributed by atoms with Gasteiger partial charge in [0.1, 0.15) is 12.6 Å². The van der Waals surface area contributed by atoms with E-state index < -0.39 is 12.1 Å². The summed E-state index contributed by atoms with van der Waals surface area (Å²) >= 11 is 0. The van der Waals surface area contributed by atoms with Crippen molar-refractivity contribution in [2.24, 2.45) is 11.7 Å². The third kappa shape index (κ3) is 5.53. The van der Waals surface area contributed by atoms with Crippen LogP contribution in [0.4, 0.5) is 4.79 Å². The lowest BCUT2D eigenvalue weighted by Gasteiger charge is -2.20. The molecule has 1 aliphatic rings. The summed E-state index contributed by atoms with van der Waals surface area (Å²) in [5.74, 6) is -0.238. The second-order valence-electron chi connectivity index (χ2n) is 6.90. The molecule has 132 valence electrons. The van der Waals surface area contributed by atoms with Gasteiger partial charge in [-0.05, 0) is 11.5 Å². The molecule has 6 heteroatoms. The van der Waals surface area contributed by atoms with Gasteiger partial charge in [-0.3, -0.25) is 4.79 Å². The highest BCUT2D eigenvalue weighted by Crippen LogP contribution is 2.06. The van der Waals surface area contributed by atoms with E-state index in [4.69, 9.17) is 5.73 Å². The molecule has 0 unspecified atom stereocenters. The van der Waals surface area contributed by atoms with Gasteiger partial charge in [0, 0.05) is 24.9 Å². The number of hydrogen-bond donors (Lipinski definition) is 4. The summed E-state index contributed by atoms with van der Waals surface area (Å²) < 4.78 is 0. The molecule has 0 aliphatic carbocycles. The summed E-state index contributed by atoms with van der Waals surface area (Å²) in [5, 5.41) is 5.35. The Labute approximate surface area is 143 Å². The zero-order chi connectivity index (χ0) is 17.5. The van der Waals surface area contributed by atoms with Crippen LogP contribution in [0, 0.1) is 5.92 Å². The van der Waals surface area contributed by atoms with Crippen LogP contribution in [0.1, 0.15) is 37.8 Å². The van der Waals surface area contributed by atoms with Crippen LogP contribution < -0.4 is 21.3 Å². The lowest BCUT2D eigenvalue weighted by Crippen LogP contribution is -3.08. The predicted octanol–water partition coefficient (Wildman–Crippen LogP) is 0.174. The molecule has 0 bridgehead atoms. The Morgan fingerprint density at radius 1 is 1.12 bits per heavy atom. The maximum Gasteiger partial charge on any atom is 0.312 e. The standard InChI is InChI=1S/C18H28N4O2/c1-13(2)16(21-18(19)24)17(23)20-11-14-5-7-15(8-6-14)12-22-9-3-4-10-22/h5-8,13,16H,3-4,9-12H2,1-2H3,(H,20,23)(H3,19,21,24)/p+1/t16-/m0/s1. The summed E-state index contributed by atoms with van der Waals surface area (Å²) in [6, 6.07) is 7.08. The van der Waals surface area contributed by atoms with Gasteiger partial charge in [0.2, 0.25) is 5.91 Å². The van der Waals surface area contributed by atoms with E-state index >= 15 is 0 Å². The molecule has 0 spiro atoms. The van der Waals surface area contributed by atoms with Crippen molar-refractivity contribution >= 4 is 11.9 Å². The Kier molecular flexibility index (Phi) is 6.61. The van der Waals surface area contributed by atoms with E-state index in [1.165, 1.54) is 31.5 Å². The Hall–Kier alpha value is -2.08. The van der Waals surface area contributed by atoms with Gasteiger partial charge >= 0.3 is 6.03 Å². The molecule has 1 atom stereocenters. The summed E-state index contributed by atoms with van der Waals surface area (Å²) in [7, 11) is 0. The highest BCUT2D eigenvalue weighted by molar-refractivity contribution is 5.86. The van der Waals surface area contributed by atoms with Crippen LogP contribution in [0.2, 0.25) is 0 Å². The van der Waals surface area contributed by atoms with Crippen molar-refractivity contribution in [1.29, 1.82) is 0 Å². The Morgan fingerprint density at radius 3 is 2.25 bits per heavy atom. The second kappa shape index (κ2) is 8.68. The van der Waals surface area contributed by atoms with Crippen molar-refractivity contribution in [3.8, 4) is 0 Å². The van der Waals surface area contributed by atoms with Gasteiger partial charge in [-0.15, -0.1) is 0 Å². The van der Waals surface area contributed by atoms with Crippen molar-refractivity contribution in [2.75, 3.05) is 13.1 Å². The van der Waals surface area contributed by atoms with Gasteiger partial charge < -0.3 is 21.3 Å². The van der Waals surface area contributed by atoms with Gasteiger partial charge in [0.25, 0.3) is 0 Å². The minimum absolute atomic E-state index is 0.0247. The molecule has 1 aliphatic heterocycles. The number of urea groups is 1. The van der Waals surface area contributed by atoms with Crippen molar-refractivity contribution in [3.63, 3.8) is 0 Å². The molecule has 0 radical (unpaired) electrons. The molecule has 0 saturated carbocycles.